The molecule has 0 spiro atoms. The minimum atomic E-state index is -0.238. The molecule has 0 aliphatic heterocycles. The summed E-state index contributed by atoms with van der Waals surface area (Å²) in [5.74, 6) is 0.309. The number of carbonyl (C=O) groups is 1. The van der Waals surface area contributed by atoms with E-state index < -0.39 is 0 Å². The van der Waals surface area contributed by atoms with Gasteiger partial charge in [-0.3, -0.25) is 4.79 Å². The van der Waals surface area contributed by atoms with E-state index >= 15 is 0 Å². The average molecular weight is 423 g/mol. The standard InChI is InChI=1S/C17H12Cl2N4OS2/c1-8-3-4-10(18)15-14(8)21-17(26-15)23-13(7-9(2)22-23)20-16(24)11-5-6-12(19)25-11/h3-7H,1-2H3,(H,20,24). The number of aromatic nitrogens is 3. The third-order valence-electron chi connectivity index (χ3n) is 3.74. The fourth-order valence-electron chi connectivity index (χ4n) is 2.53. The van der Waals surface area contributed by atoms with Gasteiger partial charge >= 0.3 is 0 Å². The number of carbonyl (C=O) groups excluding carboxylic acids is 1. The van der Waals surface area contributed by atoms with Crippen molar-refractivity contribution in [3.05, 3.63) is 55.8 Å². The predicted molar refractivity (Wildman–Crippen MR) is 109 cm³/mol. The zero-order valence-corrected chi connectivity index (χ0v) is 16.9. The Balaban J connectivity index is 1.75. The molecule has 26 heavy (non-hydrogen) atoms. The van der Waals surface area contributed by atoms with E-state index in [2.05, 4.69) is 15.4 Å². The summed E-state index contributed by atoms with van der Waals surface area (Å²) in [5, 5.41) is 8.64. The van der Waals surface area contributed by atoms with E-state index in [0.29, 0.717) is 25.2 Å². The Morgan fingerprint density at radius 1 is 1.15 bits per heavy atom. The number of halogens is 2. The maximum atomic E-state index is 12.5. The second-order valence-electron chi connectivity index (χ2n) is 5.68. The van der Waals surface area contributed by atoms with Gasteiger partial charge in [-0.25, -0.2) is 4.98 Å². The molecule has 3 aromatic heterocycles. The molecule has 0 unspecified atom stereocenters. The number of amides is 1. The third kappa shape index (κ3) is 3.12. The van der Waals surface area contributed by atoms with E-state index in [1.54, 1.807) is 22.9 Å². The lowest BCUT2D eigenvalue weighted by atomic mass is 10.2. The van der Waals surface area contributed by atoms with Crippen LogP contribution < -0.4 is 5.32 Å². The van der Waals surface area contributed by atoms with Crippen molar-refractivity contribution in [2.45, 2.75) is 13.8 Å². The molecule has 0 aliphatic carbocycles. The molecule has 0 saturated carbocycles. The van der Waals surface area contributed by atoms with E-state index in [1.165, 1.54) is 22.7 Å². The number of aryl methyl sites for hydroxylation is 2. The molecule has 132 valence electrons. The van der Waals surface area contributed by atoms with Crippen molar-refractivity contribution in [3.63, 3.8) is 0 Å². The number of nitrogens with one attached hydrogen (secondary N) is 1. The molecule has 1 aromatic carbocycles. The van der Waals surface area contributed by atoms with Crippen LogP contribution in [-0.2, 0) is 0 Å². The number of benzene rings is 1. The maximum absolute atomic E-state index is 12.5. The zero-order valence-electron chi connectivity index (χ0n) is 13.7. The van der Waals surface area contributed by atoms with Gasteiger partial charge in [0.1, 0.15) is 5.82 Å². The van der Waals surface area contributed by atoms with Crippen LogP contribution in [0.1, 0.15) is 20.9 Å². The average Bonchev–Trinajstić information content (AvgIpc) is 3.29. The monoisotopic (exact) mass is 422 g/mol. The second kappa shape index (κ2) is 6.66. The molecule has 9 heteroatoms. The molecule has 4 aromatic rings. The van der Waals surface area contributed by atoms with Gasteiger partial charge in [0.05, 0.1) is 30.1 Å². The molecule has 4 rings (SSSR count). The topological polar surface area (TPSA) is 59.8 Å². The lowest BCUT2D eigenvalue weighted by Crippen LogP contribution is -2.13. The quantitative estimate of drug-likeness (QED) is 0.459. The summed E-state index contributed by atoms with van der Waals surface area (Å²) in [4.78, 5) is 17.7. The zero-order chi connectivity index (χ0) is 18.4. The number of thiazole rings is 1. The summed E-state index contributed by atoms with van der Waals surface area (Å²) < 4.78 is 3.09. The van der Waals surface area contributed by atoms with Crippen molar-refractivity contribution in [2.75, 3.05) is 5.32 Å². The van der Waals surface area contributed by atoms with Crippen LogP contribution in [0.4, 0.5) is 5.82 Å². The van der Waals surface area contributed by atoms with Crippen molar-refractivity contribution >= 4 is 67.8 Å². The van der Waals surface area contributed by atoms with Gasteiger partial charge in [0, 0.05) is 6.07 Å². The summed E-state index contributed by atoms with van der Waals surface area (Å²) in [5.41, 5.74) is 2.65. The number of hydrogen-bond donors (Lipinski definition) is 1. The molecule has 0 aliphatic rings. The Labute approximate surface area is 167 Å². The van der Waals surface area contributed by atoms with Crippen LogP contribution in [-0.4, -0.2) is 20.7 Å². The number of thiophene rings is 1. The number of hydrogen-bond acceptors (Lipinski definition) is 5. The molecule has 0 bridgehead atoms. The molecule has 1 amide bonds. The van der Waals surface area contributed by atoms with Gasteiger partial charge in [-0.05, 0) is 37.6 Å². The number of nitrogens with zero attached hydrogens (tertiary/aromatic N) is 3. The fourth-order valence-corrected chi connectivity index (χ4v) is 4.75. The molecule has 0 atom stereocenters. The van der Waals surface area contributed by atoms with Gasteiger partial charge in [0.2, 0.25) is 5.13 Å². The van der Waals surface area contributed by atoms with Crippen LogP contribution in [0.15, 0.2) is 30.3 Å². The summed E-state index contributed by atoms with van der Waals surface area (Å²) in [6, 6.07) is 8.98. The molecule has 0 saturated heterocycles. The highest BCUT2D eigenvalue weighted by Gasteiger charge is 2.17. The Morgan fingerprint density at radius 3 is 2.65 bits per heavy atom. The minimum Gasteiger partial charge on any atom is -0.306 e. The lowest BCUT2D eigenvalue weighted by molar-refractivity contribution is 0.103. The SMILES string of the molecule is Cc1cc(NC(=O)c2ccc(Cl)s2)n(-c2nc3c(C)ccc(Cl)c3s2)n1. The first kappa shape index (κ1) is 17.5. The van der Waals surface area contributed by atoms with E-state index in [1.807, 2.05) is 26.0 Å². The molecule has 0 fully saturated rings. The first-order valence-electron chi connectivity index (χ1n) is 7.62. The first-order valence-corrected chi connectivity index (χ1v) is 10.0. The Morgan fingerprint density at radius 2 is 1.96 bits per heavy atom. The maximum Gasteiger partial charge on any atom is 0.266 e. The van der Waals surface area contributed by atoms with Crippen LogP contribution in [0.2, 0.25) is 9.36 Å². The molecular weight excluding hydrogens is 411 g/mol. The molecule has 0 radical (unpaired) electrons. The van der Waals surface area contributed by atoms with Crippen LogP contribution in [0.3, 0.4) is 0 Å². The van der Waals surface area contributed by atoms with Gasteiger partial charge in [0.15, 0.2) is 0 Å². The van der Waals surface area contributed by atoms with Gasteiger partial charge < -0.3 is 5.32 Å². The molecular formula is C17H12Cl2N4OS2. The van der Waals surface area contributed by atoms with E-state index in [4.69, 9.17) is 23.2 Å². The van der Waals surface area contributed by atoms with Crippen molar-refractivity contribution in [2.24, 2.45) is 0 Å². The molecule has 1 N–H and O–H groups in total. The van der Waals surface area contributed by atoms with Gasteiger partial charge in [-0.15, -0.1) is 11.3 Å². The van der Waals surface area contributed by atoms with E-state index in [9.17, 15) is 4.79 Å². The van der Waals surface area contributed by atoms with Crippen molar-refractivity contribution in [3.8, 4) is 5.13 Å². The summed E-state index contributed by atoms with van der Waals surface area (Å²) >= 11 is 14.9. The van der Waals surface area contributed by atoms with E-state index in [-0.39, 0.29) is 5.91 Å². The molecule has 5 nitrogen and oxygen atoms in total. The second-order valence-corrected chi connectivity index (χ2v) is 8.78. The fraction of sp³-hybridized carbons (Fsp3) is 0.118. The lowest BCUT2D eigenvalue weighted by Gasteiger charge is -2.05. The Hall–Kier alpha value is -1.93. The number of rotatable bonds is 3. The number of anilines is 1. The summed E-state index contributed by atoms with van der Waals surface area (Å²) in [7, 11) is 0. The third-order valence-corrected chi connectivity index (χ3v) is 6.46. The largest absolute Gasteiger partial charge is 0.306 e. The van der Waals surface area contributed by atoms with Crippen LogP contribution in [0.5, 0.6) is 0 Å². The predicted octanol–water partition coefficient (Wildman–Crippen LogP) is 5.72. The highest BCUT2D eigenvalue weighted by atomic mass is 35.5. The minimum absolute atomic E-state index is 0.238. The Kier molecular flexibility index (Phi) is 4.48. The van der Waals surface area contributed by atoms with Gasteiger partial charge in [0.25, 0.3) is 5.91 Å². The smallest absolute Gasteiger partial charge is 0.266 e. The molecule has 3 heterocycles. The van der Waals surface area contributed by atoms with E-state index in [0.717, 1.165) is 21.5 Å². The van der Waals surface area contributed by atoms with Crippen molar-refractivity contribution in [1.82, 2.24) is 14.8 Å². The summed E-state index contributed by atoms with van der Waals surface area (Å²) in [6.07, 6.45) is 0. The normalized spacial score (nSPS) is 11.2. The first-order chi connectivity index (χ1) is 12.4. The van der Waals surface area contributed by atoms with Gasteiger partial charge in [-0.2, -0.15) is 9.78 Å². The highest BCUT2D eigenvalue weighted by molar-refractivity contribution is 7.21. The highest BCUT2D eigenvalue weighted by Crippen LogP contribution is 2.34. The van der Waals surface area contributed by atoms with Gasteiger partial charge in [-0.1, -0.05) is 40.6 Å². The summed E-state index contributed by atoms with van der Waals surface area (Å²) in [6.45, 7) is 3.85. The van der Waals surface area contributed by atoms with Crippen LogP contribution >= 0.6 is 45.9 Å². The van der Waals surface area contributed by atoms with Crippen molar-refractivity contribution in [1.29, 1.82) is 0 Å². The van der Waals surface area contributed by atoms with Crippen LogP contribution in [0, 0.1) is 13.8 Å². The van der Waals surface area contributed by atoms with Crippen LogP contribution in [0.25, 0.3) is 15.3 Å². The van der Waals surface area contributed by atoms with Crippen molar-refractivity contribution < 1.29 is 4.79 Å². The number of fused-ring (bicyclic) bond motifs is 1. The Bertz CT molecular complexity index is 1110.